The Morgan fingerprint density at radius 2 is 2.05 bits per heavy atom. The lowest BCUT2D eigenvalue weighted by Crippen LogP contribution is -2.06. The van der Waals surface area contributed by atoms with E-state index in [4.69, 9.17) is 0 Å². The lowest BCUT2D eigenvalue weighted by Gasteiger charge is -2.06. The van der Waals surface area contributed by atoms with Crippen molar-refractivity contribution in [3.63, 3.8) is 0 Å². The second-order valence-corrected chi connectivity index (χ2v) is 6.37. The lowest BCUT2D eigenvalue weighted by atomic mass is 10.0. The Hall–Kier alpha value is -1.12. The largest absolute Gasteiger partial charge is 0.389 e. The maximum Gasteiger partial charge on any atom is 0.0761 e. The summed E-state index contributed by atoms with van der Waals surface area (Å²) in [5.74, 6) is 0.703. The van der Waals surface area contributed by atoms with Gasteiger partial charge in [0.2, 0.25) is 0 Å². The van der Waals surface area contributed by atoms with Crippen LogP contribution in [0.4, 0.5) is 0 Å². The average Bonchev–Trinajstić information content (AvgIpc) is 3.07. The molecule has 0 bridgehead atoms. The van der Waals surface area contributed by atoms with Crippen LogP contribution in [0.5, 0.6) is 0 Å². The first kappa shape index (κ1) is 12.9. The van der Waals surface area contributed by atoms with Gasteiger partial charge >= 0.3 is 0 Å². The lowest BCUT2D eigenvalue weighted by molar-refractivity contribution is 0.223. The molecule has 1 atom stereocenters. The number of fused-ring (bicyclic) bond motifs is 1. The van der Waals surface area contributed by atoms with E-state index >= 15 is 0 Å². The molecule has 0 radical (unpaired) electrons. The molecule has 3 rings (SSSR count). The monoisotopic (exact) mass is 272 g/mol. The predicted octanol–water partition coefficient (Wildman–Crippen LogP) is 4.55. The molecular formula is C17H20OS. The van der Waals surface area contributed by atoms with E-state index in [-0.39, 0.29) is 6.10 Å². The molecule has 100 valence electrons. The van der Waals surface area contributed by atoms with Gasteiger partial charge in [0.1, 0.15) is 0 Å². The van der Waals surface area contributed by atoms with Crippen molar-refractivity contribution >= 4 is 21.4 Å². The van der Waals surface area contributed by atoms with Gasteiger partial charge in [-0.05, 0) is 41.2 Å². The van der Waals surface area contributed by atoms with Gasteiger partial charge in [-0.15, -0.1) is 11.3 Å². The highest BCUT2D eigenvalue weighted by Gasteiger charge is 2.12. The molecule has 1 aliphatic rings. The third-order valence-corrected chi connectivity index (χ3v) is 5.01. The van der Waals surface area contributed by atoms with Gasteiger partial charge in [0.05, 0.1) is 6.10 Å². The SMILES string of the molecule is OC(/C=C/C1CCCC1)Cc1csc2ccccc12. The molecule has 1 nitrogen and oxygen atoms in total. The molecule has 1 unspecified atom stereocenters. The molecule has 2 heteroatoms. The fourth-order valence-electron chi connectivity index (χ4n) is 2.92. The minimum Gasteiger partial charge on any atom is -0.389 e. The molecule has 0 spiro atoms. The van der Waals surface area contributed by atoms with Gasteiger partial charge in [-0.25, -0.2) is 0 Å². The molecule has 0 saturated heterocycles. The van der Waals surface area contributed by atoms with E-state index in [1.807, 2.05) is 6.08 Å². The van der Waals surface area contributed by atoms with Crippen molar-refractivity contribution in [3.05, 3.63) is 47.4 Å². The van der Waals surface area contributed by atoms with Crippen molar-refractivity contribution in [2.45, 2.75) is 38.2 Å². The van der Waals surface area contributed by atoms with Gasteiger partial charge in [-0.2, -0.15) is 0 Å². The summed E-state index contributed by atoms with van der Waals surface area (Å²) in [7, 11) is 0. The van der Waals surface area contributed by atoms with Crippen LogP contribution in [0.15, 0.2) is 41.8 Å². The molecule has 1 aliphatic carbocycles. The van der Waals surface area contributed by atoms with E-state index in [0.29, 0.717) is 5.92 Å². The maximum absolute atomic E-state index is 10.2. The van der Waals surface area contributed by atoms with Gasteiger partial charge in [-0.3, -0.25) is 0 Å². The van der Waals surface area contributed by atoms with Crippen LogP contribution < -0.4 is 0 Å². The van der Waals surface area contributed by atoms with Crippen LogP contribution in [0, 0.1) is 5.92 Å². The number of aliphatic hydroxyl groups is 1. The number of rotatable bonds is 4. The minimum absolute atomic E-state index is 0.349. The molecule has 19 heavy (non-hydrogen) atoms. The first-order valence-corrected chi connectivity index (χ1v) is 8.02. The van der Waals surface area contributed by atoms with Crippen molar-refractivity contribution in [2.24, 2.45) is 5.92 Å². The summed E-state index contributed by atoms with van der Waals surface area (Å²) in [5.41, 5.74) is 1.27. The average molecular weight is 272 g/mol. The first-order chi connectivity index (χ1) is 9.33. The number of benzene rings is 1. The van der Waals surface area contributed by atoms with Crippen molar-refractivity contribution < 1.29 is 5.11 Å². The third-order valence-electron chi connectivity index (χ3n) is 4.00. The molecule has 2 aromatic rings. The summed E-state index contributed by atoms with van der Waals surface area (Å²) in [6.07, 6.45) is 9.90. The maximum atomic E-state index is 10.2. The van der Waals surface area contributed by atoms with Crippen LogP contribution in [-0.4, -0.2) is 11.2 Å². The Kier molecular flexibility index (Phi) is 4.00. The van der Waals surface area contributed by atoms with Crippen LogP contribution in [0.3, 0.4) is 0 Å². The number of aliphatic hydroxyl groups excluding tert-OH is 1. The second-order valence-electron chi connectivity index (χ2n) is 5.46. The number of allylic oxidation sites excluding steroid dienone is 1. The fraction of sp³-hybridized carbons (Fsp3) is 0.412. The van der Waals surface area contributed by atoms with Crippen molar-refractivity contribution in [1.82, 2.24) is 0 Å². The summed E-state index contributed by atoms with van der Waals surface area (Å²) >= 11 is 1.76. The summed E-state index contributed by atoms with van der Waals surface area (Å²) in [5, 5.41) is 13.6. The van der Waals surface area contributed by atoms with Crippen LogP contribution in [0.25, 0.3) is 10.1 Å². The van der Waals surface area contributed by atoms with Crippen molar-refractivity contribution in [3.8, 4) is 0 Å². The molecule has 0 aliphatic heterocycles. The van der Waals surface area contributed by atoms with E-state index in [0.717, 1.165) is 6.42 Å². The summed E-state index contributed by atoms with van der Waals surface area (Å²) in [6.45, 7) is 0. The van der Waals surface area contributed by atoms with E-state index in [1.54, 1.807) is 11.3 Å². The summed E-state index contributed by atoms with van der Waals surface area (Å²) in [6, 6.07) is 8.43. The summed E-state index contributed by atoms with van der Waals surface area (Å²) < 4.78 is 1.31. The second kappa shape index (κ2) is 5.89. The standard InChI is InChI=1S/C17H20OS/c18-15(10-9-13-5-1-2-6-13)11-14-12-19-17-8-4-3-7-16(14)17/h3-4,7-10,12-13,15,18H,1-2,5-6,11H2/b10-9+. The Morgan fingerprint density at radius 1 is 1.26 bits per heavy atom. The Labute approximate surface area is 118 Å². The molecule has 1 aromatic carbocycles. The Balaban J connectivity index is 1.67. The highest BCUT2D eigenvalue weighted by atomic mass is 32.1. The minimum atomic E-state index is -0.349. The van der Waals surface area contributed by atoms with E-state index in [2.05, 4.69) is 35.7 Å². The van der Waals surface area contributed by atoms with Gasteiger partial charge in [0, 0.05) is 11.1 Å². The zero-order valence-electron chi connectivity index (χ0n) is 11.1. The highest BCUT2D eigenvalue weighted by Crippen LogP contribution is 2.28. The quantitative estimate of drug-likeness (QED) is 0.809. The Morgan fingerprint density at radius 3 is 2.89 bits per heavy atom. The molecule has 1 fully saturated rings. The molecule has 1 aromatic heterocycles. The van der Waals surface area contributed by atoms with E-state index in [9.17, 15) is 5.11 Å². The third kappa shape index (κ3) is 3.07. The fourth-order valence-corrected chi connectivity index (χ4v) is 3.90. The van der Waals surface area contributed by atoms with Crippen molar-refractivity contribution in [1.29, 1.82) is 0 Å². The number of hydrogen-bond donors (Lipinski definition) is 1. The molecule has 1 heterocycles. The van der Waals surface area contributed by atoms with Gasteiger partial charge in [0.15, 0.2) is 0 Å². The van der Waals surface area contributed by atoms with Gasteiger partial charge in [-0.1, -0.05) is 43.2 Å². The van der Waals surface area contributed by atoms with E-state index < -0.39 is 0 Å². The van der Waals surface area contributed by atoms with Gasteiger partial charge < -0.3 is 5.11 Å². The zero-order valence-corrected chi connectivity index (χ0v) is 11.9. The highest BCUT2D eigenvalue weighted by molar-refractivity contribution is 7.17. The van der Waals surface area contributed by atoms with E-state index in [1.165, 1.54) is 41.3 Å². The molecule has 1 saturated carbocycles. The molecule has 1 N–H and O–H groups in total. The van der Waals surface area contributed by atoms with Crippen LogP contribution in [0.2, 0.25) is 0 Å². The van der Waals surface area contributed by atoms with Gasteiger partial charge in [0.25, 0.3) is 0 Å². The summed E-state index contributed by atoms with van der Waals surface area (Å²) in [4.78, 5) is 0. The van der Waals surface area contributed by atoms with Crippen LogP contribution in [0.1, 0.15) is 31.2 Å². The Bertz CT molecular complexity index is 563. The first-order valence-electron chi connectivity index (χ1n) is 7.14. The predicted molar refractivity (Wildman–Crippen MR) is 82.6 cm³/mol. The number of hydrogen-bond acceptors (Lipinski definition) is 2. The molecule has 0 amide bonds. The molecular weight excluding hydrogens is 252 g/mol. The topological polar surface area (TPSA) is 20.2 Å². The smallest absolute Gasteiger partial charge is 0.0761 e. The zero-order chi connectivity index (χ0) is 13.1. The number of thiophene rings is 1. The van der Waals surface area contributed by atoms with Crippen molar-refractivity contribution in [2.75, 3.05) is 0 Å². The normalized spacial score (nSPS) is 18.6. The van der Waals surface area contributed by atoms with Crippen LogP contribution in [-0.2, 0) is 6.42 Å². The van der Waals surface area contributed by atoms with Crippen LogP contribution >= 0.6 is 11.3 Å².